The van der Waals surface area contributed by atoms with Gasteiger partial charge in [0.25, 0.3) is 0 Å². The van der Waals surface area contributed by atoms with Gasteiger partial charge >= 0.3 is 0 Å². The van der Waals surface area contributed by atoms with E-state index in [9.17, 15) is 0 Å². The topological polar surface area (TPSA) is 0 Å². The van der Waals surface area contributed by atoms with Crippen molar-refractivity contribution >= 4 is 18.5 Å². The van der Waals surface area contributed by atoms with Crippen molar-refractivity contribution in [2.24, 2.45) is 0 Å². The summed E-state index contributed by atoms with van der Waals surface area (Å²) in [7, 11) is -0.305. The van der Waals surface area contributed by atoms with Crippen LogP contribution in [-0.4, -0.2) is 5.66 Å². The van der Waals surface area contributed by atoms with Gasteiger partial charge in [-0.2, -0.15) is 0 Å². The van der Waals surface area contributed by atoms with E-state index in [4.69, 9.17) is 0 Å². The molecule has 2 bridgehead atoms. The molecule has 2 aromatic rings. The molecule has 20 heavy (non-hydrogen) atoms. The number of hydrogen-bond acceptors (Lipinski definition) is 0. The first-order valence-electron chi connectivity index (χ1n) is 7.22. The fourth-order valence-electron chi connectivity index (χ4n) is 3.32. The van der Waals surface area contributed by atoms with E-state index in [0.29, 0.717) is 5.66 Å². The Hall–Kier alpha value is -1.65. The molecule has 2 aliphatic rings. The number of benzene rings is 2. The van der Waals surface area contributed by atoms with Crippen LogP contribution in [0.2, 0.25) is 0 Å². The molecule has 0 aliphatic heterocycles. The number of fused-ring (bicyclic) bond motifs is 2. The zero-order chi connectivity index (χ0) is 13.4. The second kappa shape index (κ2) is 5.04. The maximum Gasteiger partial charge on any atom is 0.0296 e. The number of rotatable bonds is 3. The quantitative estimate of drug-likeness (QED) is 0.739. The lowest BCUT2D eigenvalue weighted by Crippen LogP contribution is -2.20. The summed E-state index contributed by atoms with van der Waals surface area (Å²) in [5, 5.41) is 3.00. The lowest BCUT2D eigenvalue weighted by molar-refractivity contribution is 1.04. The SMILES string of the molecule is C1=C2CCC(=C1)C2P(c1ccccc1)c1ccccc1. The van der Waals surface area contributed by atoms with Crippen LogP contribution in [0.5, 0.6) is 0 Å². The van der Waals surface area contributed by atoms with E-state index in [1.165, 1.54) is 23.5 Å². The van der Waals surface area contributed by atoms with E-state index in [-0.39, 0.29) is 7.92 Å². The Balaban J connectivity index is 1.83. The van der Waals surface area contributed by atoms with Gasteiger partial charge in [0.1, 0.15) is 0 Å². The van der Waals surface area contributed by atoms with Crippen molar-refractivity contribution in [3.8, 4) is 0 Å². The van der Waals surface area contributed by atoms with Crippen molar-refractivity contribution in [1.29, 1.82) is 0 Å². The van der Waals surface area contributed by atoms with Crippen LogP contribution in [0.15, 0.2) is 84.0 Å². The third kappa shape index (κ3) is 1.96. The molecule has 98 valence electrons. The molecule has 1 saturated carbocycles. The van der Waals surface area contributed by atoms with Gasteiger partial charge in [0.05, 0.1) is 0 Å². The van der Waals surface area contributed by atoms with Crippen LogP contribution < -0.4 is 10.6 Å². The van der Waals surface area contributed by atoms with Gasteiger partial charge in [-0.15, -0.1) is 0 Å². The van der Waals surface area contributed by atoms with Crippen LogP contribution in [0, 0.1) is 0 Å². The van der Waals surface area contributed by atoms with Gasteiger partial charge in [-0.05, 0) is 31.4 Å². The molecule has 2 aromatic carbocycles. The molecule has 0 atom stereocenters. The van der Waals surface area contributed by atoms with Gasteiger partial charge < -0.3 is 0 Å². The Morgan fingerprint density at radius 1 is 0.650 bits per heavy atom. The van der Waals surface area contributed by atoms with Crippen LogP contribution >= 0.6 is 7.92 Å². The molecule has 1 heteroatoms. The first kappa shape index (κ1) is 12.1. The molecule has 4 rings (SSSR count). The maximum atomic E-state index is 2.37. The average Bonchev–Trinajstić information content (AvgIpc) is 3.10. The molecule has 0 unspecified atom stereocenters. The Kier molecular flexibility index (Phi) is 3.05. The van der Waals surface area contributed by atoms with E-state index >= 15 is 0 Å². The minimum absolute atomic E-state index is 0.305. The smallest absolute Gasteiger partial charge is 0.0296 e. The summed E-state index contributed by atoms with van der Waals surface area (Å²) in [6.45, 7) is 0. The van der Waals surface area contributed by atoms with Crippen molar-refractivity contribution in [1.82, 2.24) is 0 Å². The standard InChI is InChI=1S/C19H17P/c1-3-7-17(8-4-1)20(18-9-5-2-6-10-18)19-15-11-12-16(19)14-13-15/h1-12,19H,13-14H2. The molecule has 0 radical (unpaired) electrons. The summed E-state index contributed by atoms with van der Waals surface area (Å²) in [4.78, 5) is 0. The predicted molar refractivity (Wildman–Crippen MR) is 88.3 cm³/mol. The van der Waals surface area contributed by atoms with Gasteiger partial charge in [-0.25, -0.2) is 0 Å². The summed E-state index contributed by atoms with van der Waals surface area (Å²) in [5.41, 5.74) is 3.97. The van der Waals surface area contributed by atoms with E-state index in [1.54, 1.807) is 11.1 Å². The van der Waals surface area contributed by atoms with Crippen molar-refractivity contribution in [3.05, 3.63) is 84.0 Å². The second-order valence-corrected chi connectivity index (χ2v) is 7.72. The molecule has 0 N–H and O–H groups in total. The van der Waals surface area contributed by atoms with Crippen molar-refractivity contribution in [3.63, 3.8) is 0 Å². The Morgan fingerprint density at radius 3 is 1.50 bits per heavy atom. The van der Waals surface area contributed by atoms with Gasteiger partial charge in [-0.1, -0.05) is 84.0 Å². The zero-order valence-electron chi connectivity index (χ0n) is 11.4. The molecule has 1 fully saturated rings. The third-order valence-electron chi connectivity index (χ3n) is 4.24. The summed E-state index contributed by atoms with van der Waals surface area (Å²) in [6, 6.07) is 22.1. The molecular formula is C19H17P. The Bertz CT molecular complexity index is 608. The molecule has 0 heterocycles. The predicted octanol–water partition coefficient (Wildman–Crippen LogP) is 4.15. The summed E-state index contributed by atoms with van der Waals surface area (Å²) in [6.07, 6.45) is 7.28. The zero-order valence-corrected chi connectivity index (χ0v) is 12.3. The van der Waals surface area contributed by atoms with Crippen LogP contribution in [0.3, 0.4) is 0 Å². The van der Waals surface area contributed by atoms with Gasteiger partial charge in [0.2, 0.25) is 0 Å². The minimum Gasteiger partial charge on any atom is -0.0622 e. The lowest BCUT2D eigenvalue weighted by atomic mass is 10.2. The maximum absolute atomic E-state index is 2.37. The molecule has 2 aliphatic carbocycles. The molecule has 0 nitrogen and oxygen atoms in total. The van der Waals surface area contributed by atoms with E-state index in [0.717, 1.165) is 0 Å². The highest BCUT2D eigenvalue weighted by Gasteiger charge is 2.36. The van der Waals surface area contributed by atoms with Crippen molar-refractivity contribution in [2.75, 3.05) is 0 Å². The number of hydrogen-bond donors (Lipinski definition) is 0. The summed E-state index contributed by atoms with van der Waals surface area (Å²) < 4.78 is 0. The van der Waals surface area contributed by atoms with Crippen molar-refractivity contribution < 1.29 is 0 Å². The van der Waals surface area contributed by atoms with Gasteiger partial charge in [-0.3, -0.25) is 0 Å². The van der Waals surface area contributed by atoms with Crippen LogP contribution in [-0.2, 0) is 0 Å². The largest absolute Gasteiger partial charge is 0.0622 e. The van der Waals surface area contributed by atoms with E-state index in [1.807, 2.05) is 0 Å². The first-order chi connectivity index (χ1) is 9.93. The highest BCUT2D eigenvalue weighted by Crippen LogP contribution is 2.54. The Morgan fingerprint density at radius 2 is 1.10 bits per heavy atom. The molecule has 0 saturated heterocycles. The molecule has 0 amide bonds. The Labute approximate surface area is 121 Å². The normalized spacial score (nSPS) is 17.4. The highest BCUT2D eigenvalue weighted by atomic mass is 31.1. The van der Waals surface area contributed by atoms with Gasteiger partial charge in [0, 0.05) is 5.66 Å². The molecule has 0 aromatic heterocycles. The summed E-state index contributed by atoms with van der Waals surface area (Å²) in [5.74, 6) is 0. The second-order valence-electron chi connectivity index (χ2n) is 5.43. The van der Waals surface area contributed by atoms with E-state index in [2.05, 4.69) is 72.8 Å². The molecule has 0 spiro atoms. The fourth-order valence-corrected chi connectivity index (χ4v) is 6.29. The monoisotopic (exact) mass is 276 g/mol. The van der Waals surface area contributed by atoms with Crippen LogP contribution in [0.4, 0.5) is 0 Å². The minimum atomic E-state index is -0.305. The van der Waals surface area contributed by atoms with Crippen LogP contribution in [0.25, 0.3) is 0 Å². The van der Waals surface area contributed by atoms with Gasteiger partial charge in [0.15, 0.2) is 0 Å². The lowest BCUT2D eigenvalue weighted by Gasteiger charge is -2.26. The summed E-state index contributed by atoms with van der Waals surface area (Å²) >= 11 is 0. The fraction of sp³-hybridized carbons (Fsp3) is 0.158. The third-order valence-corrected chi connectivity index (χ3v) is 7.13. The van der Waals surface area contributed by atoms with Crippen LogP contribution in [0.1, 0.15) is 12.8 Å². The first-order valence-corrected chi connectivity index (χ1v) is 8.63. The van der Waals surface area contributed by atoms with E-state index < -0.39 is 0 Å². The van der Waals surface area contributed by atoms with Crippen molar-refractivity contribution in [2.45, 2.75) is 18.5 Å². The number of allylic oxidation sites excluding steroid dienone is 4. The average molecular weight is 276 g/mol. The molecular weight excluding hydrogens is 259 g/mol. The highest BCUT2D eigenvalue weighted by molar-refractivity contribution is 7.74.